The maximum absolute atomic E-state index is 11.8. The fraction of sp³-hybridized carbons (Fsp3) is 0.867. The number of nitrogens with zero attached hydrogens (tertiary/aromatic N) is 4. The van der Waals surface area contributed by atoms with Gasteiger partial charge in [-0.3, -0.25) is 0 Å². The van der Waals surface area contributed by atoms with Crippen LogP contribution in [0.2, 0.25) is 0 Å². The Hall–Kier alpha value is -0.990. The molecule has 0 radical (unpaired) electrons. The van der Waals surface area contributed by atoms with Gasteiger partial charge in [0.1, 0.15) is 0 Å². The molecule has 130 valence electrons. The van der Waals surface area contributed by atoms with Gasteiger partial charge >= 0.3 is 0 Å². The van der Waals surface area contributed by atoms with Gasteiger partial charge in [0, 0.05) is 32.5 Å². The van der Waals surface area contributed by atoms with E-state index < -0.39 is 10.0 Å². The average molecular weight is 342 g/mol. The molecular formula is C15H26N4O3S. The lowest BCUT2D eigenvalue weighted by molar-refractivity contribution is 0.202. The molecular weight excluding hydrogens is 316 g/mol. The Morgan fingerprint density at radius 2 is 2.04 bits per heavy atom. The van der Waals surface area contributed by atoms with Crippen LogP contribution in [0.4, 0.5) is 0 Å². The van der Waals surface area contributed by atoms with E-state index in [9.17, 15) is 8.42 Å². The van der Waals surface area contributed by atoms with E-state index in [1.807, 2.05) is 0 Å². The Bertz CT molecular complexity index is 624. The third kappa shape index (κ3) is 4.30. The Morgan fingerprint density at radius 3 is 2.74 bits per heavy atom. The molecule has 1 saturated carbocycles. The molecule has 0 bridgehead atoms. The highest BCUT2D eigenvalue weighted by atomic mass is 32.2. The molecule has 0 aromatic carbocycles. The summed E-state index contributed by atoms with van der Waals surface area (Å²) in [7, 11) is 0.0696. The molecule has 1 saturated heterocycles. The van der Waals surface area contributed by atoms with Gasteiger partial charge in [-0.25, -0.2) is 12.7 Å². The Balaban J connectivity index is 1.49. The van der Waals surface area contributed by atoms with Gasteiger partial charge in [0.15, 0.2) is 5.82 Å². The summed E-state index contributed by atoms with van der Waals surface area (Å²) in [6, 6.07) is 0. The highest BCUT2D eigenvalue weighted by Gasteiger charge is 2.32. The van der Waals surface area contributed by atoms with Crippen molar-refractivity contribution in [3.05, 3.63) is 11.7 Å². The second-order valence-electron chi connectivity index (χ2n) is 6.86. The second-order valence-corrected chi connectivity index (χ2v) is 9.16. The number of hydrogen-bond acceptors (Lipinski definition) is 6. The van der Waals surface area contributed by atoms with E-state index in [0.717, 1.165) is 44.2 Å². The molecule has 23 heavy (non-hydrogen) atoms. The maximum atomic E-state index is 11.8. The lowest BCUT2D eigenvalue weighted by Crippen LogP contribution is -2.36. The third-order valence-electron chi connectivity index (χ3n) is 4.69. The lowest BCUT2D eigenvalue weighted by atomic mass is 9.97. The average Bonchev–Trinajstić information content (AvgIpc) is 3.24. The minimum absolute atomic E-state index is 0.204. The molecule has 1 unspecified atom stereocenters. The van der Waals surface area contributed by atoms with E-state index >= 15 is 0 Å². The molecule has 2 heterocycles. The van der Waals surface area contributed by atoms with E-state index in [1.54, 1.807) is 14.1 Å². The van der Waals surface area contributed by atoms with Crippen molar-refractivity contribution in [2.24, 2.45) is 0 Å². The predicted octanol–water partition coefficient (Wildman–Crippen LogP) is 1.41. The van der Waals surface area contributed by atoms with Gasteiger partial charge in [-0.15, -0.1) is 0 Å². The molecule has 3 rings (SSSR count). The van der Waals surface area contributed by atoms with Crippen LogP contribution in [-0.4, -0.2) is 67.2 Å². The summed E-state index contributed by atoms with van der Waals surface area (Å²) in [6.07, 6.45) is 5.17. The number of aromatic nitrogens is 2. The van der Waals surface area contributed by atoms with Crippen LogP contribution in [-0.2, 0) is 10.0 Å². The lowest BCUT2D eigenvalue weighted by Gasteiger charge is -2.31. The minimum Gasteiger partial charge on any atom is -0.339 e. The van der Waals surface area contributed by atoms with Crippen molar-refractivity contribution < 1.29 is 12.9 Å². The fourth-order valence-electron chi connectivity index (χ4n) is 3.03. The number of piperidine rings is 1. The molecule has 1 atom stereocenters. The topological polar surface area (TPSA) is 79.5 Å². The van der Waals surface area contributed by atoms with Crippen LogP contribution >= 0.6 is 0 Å². The van der Waals surface area contributed by atoms with Crippen molar-refractivity contribution in [1.82, 2.24) is 19.3 Å². The van der Waals surface area contributed by atoms with Crippen LogP contribution in [0, 0.1) is 0 Å². The largest absolute Gasteiger partial charge is 0.339 e. The molecule has 1 aromatic heterocycles. The van der Waals surface area contributed by atoms with E-state index in [0.29, 0.717) is 18.3 Å². The van der Waals surface area contributed by atoms with Crippen LogP contribution in [0.3, 0.4) is 0 Å². The standard InChI is InChI=1S/C15H26N4O3S/c1-18(2)23(20,21)10-4-9-19-8-3-5-13(11-19)14-16-15(22-17-14)12-6-7-12/h12-13H,3-11H2,1-2H3. The number of sulfonamides is 1. The van der Waals surface area contributed by atoms with Gasteiger partial charge in [0.25, 0.3) is 0 Å². The van der Waals surface area contributed by atoms with Crippen molar-refractivity contribution >= 4 is 10.0 Å². The first kappa shape index (κ1) is 16.9. The summed E-state index contributed by atoms with van der Waals surface area (Å²) in [5.74, 6) is 2.64. The number of rotatable bonds is 7. The van der Waals surface area contributed by atoms with Crippen molar-refractivity contribution in [3.8, 4) is 0 Å². The summed E-state index contributed by atoms with van der Waals surface area (Å²) in [6.45, 7) is 2.72. The molecule has 7 nitrogen and oxygen atoms in total. The van der Waals surface area contributed by atoms with Crippen LogP contribution in [0.1, 0.15) is 55.7 Å². The molecule has 1 aliphatic heterocycles. The third-order valence-corrected chi connectivity index (χ3v) is 6.60. The van der Waals surface area contributed by atoms with E-state index in [-0.39, 0.29) is 5.75 Å². The number of hydrogen-bond donors (Lipinski definition) is 0. The monoisotopic (exact) mass is 342 g/mol. The van der Waals surface area contributed by atoms with Crippen LogP contribution in [0.15, 0.2) is 4.52 Å². The maximum Gasteiger partial charge on any atom is 0.229 e. The molecule has 1 aliphatic carbocycles. The van der Waals surface area contributed by atoms with Crippen LogP contribution in [0.5, 0.6) is 0 Å². The quantitative estimate of drug-likeness (QED) is 0.745. The van der Waals surface area contributed by atoms with Crippen LogP contribution < -0.4 is 0 Å². The Labute approximate surface area is 138 Å². The molecule has 0 N–H and O–H groups in total. The first-order valence-corrected chi connectivity index (χ1v) is 10.0. The number of likely N-dealkylation sites (tertiary alicyclic amines) is 1. The van der Waals surface area contributed by atoms with E-state index in [1.165, 1.54) is 17.1 Å². The Morgan fingerprint density at radius 1 is 1.26 bits per heavy atom. The first-order chi connectivity index (χ1) is 11.0. The molecule has 1 aromatic rings. The normalized spacial score (nSPS) is 23.5. The van der Waals surface area contributed by atoms with Crippen molar-refractivity contribution in [2.45, 2.75) is 43.9 Å². The zero-order chi connectivity index (χ0) is 16.4. The Kier molecular flexibility index (Phi) is 5.03. The van der Waals surface area contributed by atoms with Gasteiger partial charge in [-0.1, -0.05) is 5.16 Å². The molecule has 2 aliphatic rings. The van der Waals surface area contributed by atoms with Gasteiger partial charge in [-0.05, 0) is 45.2 Å². The van der Waals surface area contributed by atoms with Crippen molar-refractivity contribution in [3.63, 3.8) is 0 Å². The summed E-state index contributed by atoms with van der Waals surface area (Å²) < 4.78 is 30.3. The highest BCUT2D eigenvalue weighted by Crippen LogP contribution is 2.39. The fourth-order valence-corrected chi connectivity index (χ4v) is 3.89. The SMILES string of the molecule is CN(C)S(=O)(=O)CCCN1CCCC(c2noc(C3CC3)n2)C1. The summed E-state index contributed by atoms with van der Waals surface area (Å²) >= 11 is 0. The summed E-state index contributed by atoms with van der Waals surface area (Å²) in [5, 5.41) is 4.16. The van der Waals surface area contributed by atoms with E-state index in [2.05, 4.69) is 15.0 Å². The first-order valence-electron chi connectivity index (χ1n) is 8.42. The molecule has 0 amide bonds. The van der Waals surface area contributed by atoms with E-state index in [4.69, 9.17) is 4.52 Å². The second kappa shape index (κ2) is 6.86. The summed E-state index contributed by atoms with van der Waals surface area (Å²) in [4.78, 5) is 6.89. The highest BCUT2D eigenvalue weighted by molar-refractivity contribution is 7.89. The zero-order valence-electron chi connectivity index (χ0n) is 13.9. The summed E-state index contributed by atoms with van der Waals surface area (Å²) in [5.41, 5.74) is 0. The van der Waals surface area contributed by atoms with Gasteiger partial charge in [0.05, 0.1) is 5.75 Å². The van der Waals surface area contributed by atoms with Gasteiger partial charge in [-0.2, -0.15) is 4.98 Å². The van der Waals surface area contributed by atoms with Crippen molar-refractivity contribution in [2.75, 3.05) is 39.5 Å². The molecule has 0 spiro atoms. The minimum atomic E-state index is -3.10. The van der Waals surface area contributed by atoms with Crippen molar-refractivity contribution in [1.29, 1.82) is 0 Å². The van der Waals surface area contributed by atoms with Crippen LogP contribution in [0.25, 0.3) is 0 Å². The molecule has 2 fully saturated rings. The smallest absolute Gasteiger partial charge is 0.229 e. The molecule has 8 heteroatoms. The predicted molar refractivity (Wildman–Crippen MR) is 86.8 cm³/mol. The zero-order valence-corrected chi connectivity index (χ0v) is 14.8. The van der Waals surface area contributed by atoms with Gasteiger partial charge < -0.3 is 9.42 Å². The van der Waals surface area contributed by atoms with Gasteiger partial charge in [0.2, 0.25) is 15.9 Å².